The molecular weight excluding hydrogens is 316 g/mol. The molecule has 7 heteroatoms. The maximum absolute atomic E-state index is 12.2. The minimum absolute atomic E-state index is 0.0517. The van der Waals surface area contributed by atoms with Crippen molar-refractivity contribution in [1.29, 1.82) is 10.5 Å². The lowest BCUT2D eigenvalue weighted by atomic mass is 9.63. The van der Waals surface area contributed by atoms with Crippen molar-refractivity contribution in [1.82, 2.24) is 0 Å². The quantitative estimate of drug-likeness (QED) is 0.711. The van der Waals surface area contributed by atoms with E-state index in [4.69, 9.17) is 9.44 Å². The highest BCUT2D eigenvalue weighted by molar-refractivity contribution is 7.90. The van der Waals surface area contributed by atoms with Crippen molar-refractivity contribution in [2.75, 3.05) is 0 Å². The molecule has 4 unspecified atom stereocenters. The molecule has 124 valence electrons. The fraction of sp³-hybridized carbons (Fsp3) is 0.750. The van der Waals surface area contributed by atoms with E-state index in [1.54, 1.807) is 6.07 Å². The Morgan fingerprint density at radius 2 is 2.00 bits per heavy atom. The molecule has 23 heavy (non-hydrogen) atoms. The first kappa shape index (κ1) is 17.6. The molecule has 0 aromatic carbocycles. The summed E-state index contributed by atoms with van der Waals surface area (Å²) in [5.41, 5.74) is 0.0265. The third kappa shape index (κ3) is 2.90. The first-order valence-corrected chi connectivity index (χ1v) is 8.29. The standard InChI is InChI=1S/C16H20N2O4S/c1-15(2)10-4-6-16(15,3)12(8-10)11(9-18)14(20)22-23-21-13(19)5-7-17/h10-12H,4-6,8H2,1-3H3. The SMILES string of the molecule is CC1(C)C2CCC1(C)C(C(C#N)C(=O)OSOC(=O)CC#N)C2. The summed E-state index contributed by atoms with van der Waals surface area (Å²) in [5.74, 6) is -1.87. The van der Waals surface area contributed by atoms with Crippen LogP contribution in [-0.4, -0.2) is 11.9 Å². The Morgan fingerprint density at radius 3 is 2.48 bits per heavy atom. The average molecular weight is 336 g/mol. The zero-order valence-electron chi connectivity index (χ0n) is 13.5. The van der Waals surface area contributed by atoms with E-state index < -0.39 is 24.3 Å². The Morgan fingerprint density at radius 1 is 1.30 bits per heavy atom. The van der Waals surface area contributed by atoms with Gasteiger partial charge in [-0.05, 0) is 41.9 Å². The number of carbonyl (C=O) groups excluding carboxylic acids is 2. The normalized spacial score (nSPS) is 31.7. The summed E-state index contributed by atoms with van der Waals surface area (Å²) in [6, 6.07) is 3.71. The second-order valence-corrected chi connectivity index (χ2v) is 7.55. The highest BCUT2D eigenvalue weighted by atomic mass is 32.2. The van der Waals surface area contributed by atoms with E-state index in [2.05, 4.69) is 31.0 Å². The van der Waals surface area contributed by atoms with Crippen LogP contribution in [0.25, 0.3) is 0 Å². The zero-order chi connectivity index (χ0) is 17.3. The average Bonchev–Trinajstić information content (AvgIpc) is 2.82. The molecule has 2 saturated carbocycles. The topological polar surface area (TPSA) is 100 Å². The molecule has 6 nitrogen and oxygen atoms in total. The van der Waals surface area contributed by atoms with Gasteiger partial charge in [-0.3, -0.25) is 0 Å². The lowest BCUT2D eigenvalue weighted by molar-refractivity contribution is -0.140. The largest absolute Gasteiger partial charge is 0.354 e. The van der Waals surface area contributed by atoms with E-state index in [0.717, 1.165) is 19.3 Å². The Balaban J connectivity index is 1.99. The monoisotopic (exact) mass is 336 g/mol. The van der Waals surface area contributed by atoms with Crippen molar-refractivity contribution < 1.29 is 18.0 Å². The number of rotatable bonds is 5. The summed E-state index contributed by atoms with van der Waals surface area (Å²) in [6.45, 7) is 6.58. The summed E-state index contributed by atoms with van der Waals surface area (Å²) in [7, 11) is 0. The molecule has 2 rings (SSSR count). The van der Waals surface area contributed by atoms with Crippen molar-refractivity contribution in [2.45, 2.75) is 46.5 Å². The molecule has 4 atom stereocenters. The van der Waals surface area contributed by atoms with Gasteiger partial charge in [0.2, 0.25) is 0 Å². The molecule has 2 aliphatic carbocycles. The molecule has 2 aliphatic rings. The fourth-order valence-corrected chi connectivity index (χ4v) is 4.65. The number of nitriles is 2. The van der Waals surface area contributed by atoms with Gasteiger partial charge in [-0.2, -0.15) is 10.5 Å². The molecular formula is C16H20N2O4S. The van der Waals surface area contributed by atoms with E-state index in [1.165, 1.54) is 0 Å². The summed E-state index contributed by atoms with van der Waals surface area (Å²) < 4.78 is 9.39. The van der Waals surface area contributed by atoms with Gasteiger partial charge in [0, 0.05) is 0 Å². The third-order valence-corrected chi connectivity index (χ3v) is 6.61. The molecule has 2 bridgehead atoms. The highest BCUT2D eigenvalue weighted by Gasteiger charge is 2.63. The van der Waals surface area contributed by atoms with Crippen LogP contribution in [0.1, 0.15) is 46.5 Å². The third-order valence-electron chi connectivity index (χ3n) is 6.12. The van der Waals surface area contributed by atoms with Crippen LogP contribution in [0.2, 0.25) is 0 Å². The van der Waals surface area contributed by atoms with Gasteiger partial charge in [0.15, 0.2) is 0 Å². The van der Waals surface area contributed by atoms with Crippen molar-refractivity contribution in [3.05, 3.63) is 0 Å². The van der Waals surface area contributed by atoms with Crippen LogP contribution in [0.15, 0.2) is 0 Å². The van der Waals surface area contributed by atoms with Gasteiger partial charge in [0.1, 0.15) is 12.3 Å². The van der Waals surface area contributed by atoms with Crippen molar-refractivity contribution in [3.8, 4) is 12.1 Å². The van der Waals surface area contributed by atoms with E-state index in [1.807, 2.05) is 0 Å². The molecule has 0 aliphatic heterocycles. The Kier molecular flexibility index (Phi) is 4.91. The smallest absolute Gasteiger partial charge is 0.338 e. The number of hydrogen-bond donors (Lipinski definition) is 0. The lowest BCUT2D eigenvalue weighted by Crippen LogP contribution is -2.38. The van der Waals surface area contributed by atoms with Gasteiger partial charge in [-0.1, -0.05) is 20.8 Å². The van der Waals surface area contributed by atoms with Crippen LogP contribution in [0, 0.1) is 51.2 Å². The first-order chi connectivity index (χ1) is 10.8. The van der Waals surface area contributed by atoms with Gasteiger partial charge in [0.05, 0.1) is 12.1 Å². The first-order valence-electron chi connectivity index (χ1n) is 7.62. The van der Waals surface area contributed by atoms with Crippen LogP contribution >= 0.6 is 12.3 Å². The predicted molar refractivity (Wildman–Crippen MR) is 81.8 cm³/mol. The molecule has 0 spiro atoms. The zero-order valence-corrected chi connectivity index (χ0v) is 14.3. The van der Waals surface area contributed by atoms with E-state index in [-0.39, 0.29) is 29.1 Å². The number of carbonyl (C=O) groups is 2. The molecule has 2 fully saturated rings. The molecule has 0 heterocycles. The lowest BCUT2D eigenvalue weighted by Gasteiger charge is -2.40. The van der Waals surface area contributed by atoms with Crippen LogP contribution in [-0.2, 0) is 18.0 Å². The van der Waals surface area contributed by atoms with E-state index in [9.17, 15) is 14.9 Å². The van der Waals surface area contributed by atoms with Gasteiger partial charge in [0.25, 0.3) is 12.3 Å². The van der Waals surface area contributed by atoms with Crippen LogP contribution < -0.4 is 0 Å². The summed E-state index contributed by atoms with van der Waals surface area (Å²) in [5, 5.41) is 17.8. The van der Waals surface area contributed by atoms with Crippen LogP contribution in [0.4, 0.5) is 0 Å². The summed E-state index contributed by atoms with van der Waals surface area (Å²) >= 11 is 0.229. The van der Waals surface area contributed by atoms with E-state index in [0.29, 0.717) is 5.92 Å². The number of nitrogens with zero attached hydrogens (tertiary/aromatic N) is 2. The molecule has 0 N–H and O–H groups in total. The minimum Gasteiger partial charge on any atom is -0.354 e. The van der Waals surface area contributed by atoms with Gasteiger partial charge in [-0.25, -0.2) is 9.59 Å². The molecule has 0 aromatic rings. The van der Waals surface area contributed by atoms with Gasteiger partial charge in [-0.15, -0.1) is 0 Å². The fourth-order valence-electron chi connectivity index (χ4n) is 4.31. The Hall–Kier alpha value is -1.73. The van der Waals surface area contributed by atoms with Crippen molar-refractivity contribution in [2.24, 2.45) is 28.6 Å². The Labute approximate surface area is 140 Å². The van der Waals surface area contributed by atoms with E-state index >= 15 is 0 Å². The minimum atomic E-state index is -0.869. The molecule has 0 saturated heterocycles. The second-order valence-electron chi connectivity index (χ2n) is 7.08. The highest BCUT2D eigenvalue weighted by Crippen LogP contribution is 2.69. The van der Waals surface area contributed by atoms with Crippen LogP contribution in [0.3, 0.4) is 0 Å². The second kappa shape index (κ2) is 6.41. The summed E-state index contributed by atoms with van der Waals surface area (Å²) in [6.07, 6.45) is 2.57. The predicted octanol–water partition coefficient (Wildman–Crippen LogP) is 3.15. The Bertz CT molecular complexity index is 592. The van der Waals surface area contributed by atoms with Crippen LogP contribution in [0.5, 0.6) is 0 Å². The maximum Gasteiger partial charge on any atom is 0.338 e. The molecule has 0 aromatic heterocycles. The van der Waals surface area contributed by atoms with Gasteiger partial charge >= 0.3 is 11.9 Å². The van der Waals surface area contributed by atoms with Crippen molar-refractivity contribution in [3.63, 3.8) is 0 Å². The summed E-state index contributed by atoms with van der Waals surface area (Å²) in [4.78, 5) is 23.2. The molecule has 0 amide bonds. The molecule has 0 radical (unpaired) electrons. The maximum atomic E-state index is 12.2. The number of hydrogen-bond acceptors (Lipinski definition) is 7. The van der Waals surface area contributed by atoms with Crippen molar-refractivity contribution >= 4 is 24.3 Å². The number of fused-ring (bicyclic) bond motifs is 2. The van der Waals surface area contributed by atoms with Gasteiger partial charge < -0.3 is 8.37 Å².